The molecule has 2 aliphatic heterocycles. The van der Waals surface area contributed by atoms with Crippen LogP contribution in [0.3, 0.4) is 0 Å². The van der Waals surface area contributed by atoms with Gasteiger partial charge in [0.2, 0.25) is 6.41 Å². The van der Waals surface area contributed by atoms with Gasteiger partial charge in [-0.2, -0.15) is 0 Å². The summed E-state index contributed by atoms with van der Waals surface area (Å²) >= 11 is 0. The molecule has 1 fully saturated rings. The Morgan fingerprint density at radius 1 is 1.05 bits per heavy atom. The molecule has 5 heteroatoms. The number of nitrogens with zero attached hydrogens (tertiary/aromatic N) is 2. The van der Waals surface area contributed by atoms with Gasteiger partial charge in [-0.25, -0.2) is 4.39 Å². The number of nitrogens with one attached hydrogen (secondary N) is 1. The van der Waals surface area contributed by atoms with E-state index in [1.807, 2.05) is 25.7 Å². The normalized spacial score (nSPS) is 15.8. The minimum atomic E-state index is -0.242. The maximum atomic E-state index is 12.8. The average Bonchev–Trinajstić information content (AvgIpc) is 2.97. The number of halogens is 1. The van der Waals surface area contributed by atoms with Crippen LogP contribution in [0.15, 0.2) is 96.3 Å². The molecule has 2 heterocycles. The number of carbonyl (C=O) groups is 1. The van der Waals surface area contributed by atoms with Gasteiger partial charge in [0.25, 0.3) is 0 Å². The van der Waals surface area contributed by atoms with E-state index in [-0.39, 0.29) is 5.83 Å². The van der Waals surface area contributed by atoms with Gasteiger partial charge in [-0.15, -0.1) is 0 Å². The third-order valence-electron chi connectivity index (χ3n) is 7.24. The van der Waals surface area contributed by atoms with E-state index >= 15 is 0 Å². The number of aryl methyl sites for hydroxylation is 1. The Kier molecular flexibility index (Phi) is 13.3. The quantitative estimate of drug-likeness (QED) is 0.364. The van der Waals surface area contributed by atoms with E-state index in [2.05, 4.69) is 86.1 Å². The largest absolute Gasteiger partial charge is 0.371 e. The van der Waals surface area contributed by atoms with Crippen molar-refractivity contribution in [2.24, 2.45) is 0 Å². The van der Waals surface area contributed by atoms with Gasteiger partial charge < -0.3 is 15.1 Å². The number of hydrogen-bond acceptors (Lipinski definition) is 3. The summed E-state index contributed by atoms with van der Waals surface area (Å²) in [4.78, 5) is 14.7. The van der Waals surface area contributed by atoms with Crippen molar-refractivity contribution in [1.82, 2.24) is 10.2 Å². The SMILES string of the molecule is C=C1C=C(F)C=CN1/C(C)=C(\C)CC.CC.Cc1ccc(C2CCN(c3ccc(CNC=O)cc3)CC2)cc1. The van der Waals surface area contributed by atoms with Crippen molar-refractivity contribution >= 4 is 12.1 Å². The van der Waals surface area contributed by atoms with Gasteiger partial charge in [0.05, 0.1) is 0 Å². The molecule has 0 aliphatic carbocycles. The van der Waals surface area contributed by atoms with Crippen molar-refractivity contribution in [3.63, 3.8) is 0 Å². The summed E-state index contributed by atoms with van der Waals surface area (Å²) in [7, 11) is 0. The Balaban J connectivity index is 0.000000287. The molecule has 0 atom stereocenters. The lowest BCUT2D eigenvalue weighted by atomic mass is 9.89. The number of rotatable bonds is 7. The van der Waals surface area contributed by atoms with Crippen LogP contribution in [-0.4, -0.2) is 24.4 Å². The van der Waals surface area contributed by atoms with Crippen LogP contribution in [-0.2, 0) is 11.3 Å². The standard InChI is InChI=1S/C20H24N2O.C12H16FN.C2H6/c1-16-2-6-18(7-3-16)19-10-12-22(13-11-19)20-8-4-17(5-9-20)14-21-15-23;1-5-9(2)11(4)14-7-6-12(13)8-10(14)3;1-2/h2-9,15,19H,10-14H2,1H3,(H,21,23);6-8H,3,5H2,1-2,4H3;1-2H3/b;11-9+;. The number of amides is 1. The van der Waals surface area contributed by atoms with Crippen LogP contribution in [0.1, 0.15) is 76.5 Å². The van der Waals surface area contributed by atoms with Crippen molar-refractivity contribution in [2.45, 2.75) is 73.3 Å². The van der Waals surface area contributed by atoms with Crippen LogP contribution < -0.4 is 10.2 Å². The van der Waals surface area contributed by atoms with E-state index in [1.54, 1.807) is 6.20 Å². The maximum Gasteiger partial charge on any atom is 0.207 e. The van der Waals surface area contributed by atoms with E-state index in [0.717, 1.165) is 37.2 Å². The molecule has 210 valence electrons. The van der Waals surface area contributed by atoms with E-state index in [9.17, 15) is 9.18 Å². The van der Waals surface area contributed by atoms with Gasteiger partial charge in [-0.1, -0.05) is 74.9 Å². The third-order valence-corrected chi connectivity index (χ3v) is 7.24. The molecule has 2 aromatic rings. The van der Waals surface area contributed by atoms with Crippen LogP contribution in [0.4, 0.5) is 10.1 Å². The van der Waals surface area contributed by atoms with Crippen LogP contribution in [0.25, 0.3) is 0 Å². The Bertz CT molecular complexity index is 1140. The third kappa shape index (κ3) is 9.58. The molecule has 0 saturated carbocycles. The summed E-state index contributed by atoms with van der Waals surface area (Å²) in [5.74, 6) is 0.441. The minimum Gasteiger partial charge on any atom is -0.371 e. The van der Waals surface area contributed by atoms with Gasteiger partial charge >= 0.3 is 0 Å². The van der Waals surface area contributed by atoms with Gasteiger partial charge in [-0.05, 0) is 81.4 Å². The first-order valence-electron chi connectivity index (χ1n) is 14.1. The number of anilines is 1. The molecule has 1 amide bonds. The van der Waals surface area contributed by atoms with Gasteiger partial charge in [-0.3, -0.25) is 4.79 Å². The molecule has 4 rings (SSSR count). The minimum absolute atomic E-state index is 0.242. The first-order valence-corrected chi connectivity index (χ1v) is 14.1. The predicted octanol–water partition coefficient (Wildman–Crippen LogP) is 8.54. The number of allylic oxidation sites excluding steroid dienone is 5. The molecule has 0 radical (unpaired) electrons. The van der Waals surface area contributed by atoms with Crippen molar-refractivity contribution in [2.75, 3.05) is 18.0 Å². The summed E-state index contributed by atoms with van der Waals surface area (Å²) in [6.45, 7) is 18.9. The fourth-order valence-electron chi connectivity index (χ4n) is 4.60. The second kappa shape index (κ2) is 16.4. The summed E-state index contributed by atoms with van der Waals surface area (Å²) < 4.78 is 12.8. The highest BCUT2D eigenvalue weighted by Gasteiger charge is 2.20. The summed E-state index contributed by atoms with van der Waals surface area (Å²) in [5.41, 5.74) is 8.30. The van der Waals surface area contributed by atoms with Gasteiger partial charge in [0.1, 0.15) is 5.83 Å². The molecule has 0 unspecified atom stereocenters. The zero-order valence-electron chi connectivity index (χ0n) is 24.6. The monoisotopic (exact) mass is 531 g/mol. The molecular formula is C34H46FN3O. The summed E-state index contributed by atoms with van der Waals surface area (Å²) in [6, 6.07) is 17.5. The van der Waals surface area contributed by atoms with Crippen LogP contribution in [0, 0.1) is 6.92 Å². The molecule has 39 heavy (non-hydrogen) atoms. The lowest BCUT2D eigenvalue weighted by molar-refractivity contribution is -0.109. The molecule has 4 nitrogen and oxygen atoms in total. The summed E-state index contributed by atoms with van der Waals surface area (Å²) in [6.07, 6.45) is 8.74. The van der Waals surface area contributed by atoms with E-state index in [1.165, 1.54) is 47.4 Å². The number of carbonyl (C=O) groups excluding carboxylic acids is 1. The lowest BCUT2D eigenvalue weighted by Crippen LogP contribution is -2.32. The van der Waals surface area contributed by atoms with E-state index < -0.39 is 0 Å². The molecular weight excluding hydrogens is 485 g/mol. The fourth-order valence-corrected chi connectivity index (χ4v) is 4.60. The first-order chi connectivity index (χ1) is 18.8. The van der Waals surface area contributed by atoms with Crippen molar-refractivity contribution in [3.05, 3.63) is 113 Å². The number of piperidine rings is 1. The number of hydrogen-bond donors (Lipinski definition) is 1. The average molecular weight is 532 g/mol. The first kappa shape index (κ1) is 31.6. The van der Waals surface area contributed by atoms with Crippen LogP contribution in [0.2, 0.25) is 0 Å². The topological polar surface area (TPSA) is 35.6 Å². The van der Waals surface area contributed by atoms with Gasteiger partial charge in [0.15, 0.2) is 0 Å². The zero-order chi connectivity index (χ0) is 28.8. The highest BCUT2D eigenvalue weighted by atomic mass is 19.1. The van der Waals surface area contributed by atoms with Gasteiger partial charge in [0, 0.05) is 42.9 Å². The number of benzene rings is 2. The zero-order valence-corrected chi connectivity index (χ0v) is 24.6. The van der Waals surface area contributed by atoms with Crippen LogP contribution >= 0.6 is 0 Å². The smallest absolute Gasteiger partial charge is 0.207 e. The Hall–Kier alpha value is -3.60. The van der Waals surface area contributed by atoms with Crippen LogP contribution in [0.5, 0.6) is 0 Å². The highest BCUT2D eigenvalue weighted by molar-refractivity contribution is 5.50. The summed E-state index contributed by atoms with van der Waals surface area (Å²) in [5, 5.41) is 2.70. The maximum absolute atomic E-state index is 12.8. The van der Waals surface area contributed by atoms with Crippen molar-refractivity contribution in [3.8, 4) is 0 Å². The van der Waals surface area contributed by atoms with E-state index in [4.69, 9.17) is 0 Å². The Morgan fingerprint density at radius 2 is 1.67 bits per heavy atom. The Morgan fingerprint density at radius 3 is 2.21 bits per heavy atom. The molecule has 0 spiro atoms. The molecule has 1 N–H and O–H groups in total. The predicted molar refractivity (Wildman–Crippen MR) is 164 cm³/mol. The Labute approximate surface area is 235 Å². The van der Waals surface area contributed by atoms with Crippen molar-refractivity contribution < 1.29 is 9.18 Å². The molecule has 0 aromatic heterocycles. The molecule has 1 saturated heterocycles. The highest BCUT2D eigenvalue weighted by Crippen LogP contribution is 2.30. The van der Waals surface area contributed by atoms with E-state index in [0.29, 0.717) is 18.2 Å². The van der Waals surface area contributed by atoms with Crippen molar-refractivity contribution in [1.29, 1.82) is 0 Å². The lowest BCUT2D eigenvalue weighted by Gasteiger charge is -2.34. The second-order valence-corrected chi connectivity index (χ2v) is 9.76. The molecule has 2 aromatic carbocycles. The second-order valence-electron chi connectivity index (χ2n) is 9.76. The fraction of sp³-hybridized carbons (Fsp3) is 0.382. The molecule has 0 bridgehead atoms. The molecule has 2 aliphatic rings.